The van der Waals surface area contributed by atoms with Gasteiger partial charge in [0, 0.05) is 30.1 Å². The van der Waals surface area contributed by atoms with Gasteiger partial charge < -0.3 is 10.2 Å². The van der Waals surface area contributed by atoms with E-state index in [4.69, 9.17) is 11.6 Å². The first-order valence-corrected chi connectivity index (χ1v) is 11.9. The van der Waals surface area contributed by atoms with Crippen LogP contribution in [-0.4, -0.2) is 29.3 Å². The van der Waals surface area contributed by atoms with Gasteiger partial charge in [0.15, 0.2) is 0 Å². The van der Waals surface area contributed by atoms with E-state index in [1.165, 1.54) is 11.0 Å². The normalized spacial score (nSPS) is 11.6. The lowest BCUT2D eigenvalue weighted by Gasteiger charge is -2.32. The molecule has 0 saturated carbocycles. The van der Waals surface area contributed by atoms with E-state index in [1.54, 1.807) is 42.5 Å². The molecule has 4 nitrogen and oxygen atoms in total. The molecule has 178 valence electrons. The van der Waals surface area contributed by atoms with Crippen LogP contribution in [0.4, 0.5) is 4.39 Å². The fourth-order valence-corrected chi connectivity index (χ4v) is 3.87. The molecule has 1 atom stereocenters. The van der Waals surface area contributed by atoms with Gasteiger partial charge in [-0.15, -0.1) is 0 Å². The topological polar surface area (TPSA) is 49.4 Å². The molecule has 1 N–H and O–H groups in total. The molecule has 0 aliphatic carbocycles. The first-order chi connectivity index (χ1) is 16.5. The second-order valence-electron chi connectivity index (χ2n) is 8.27. The fourth-order valence-electron chi connectivity index (χ4n) is 3.75. The zero-order chi connectivity index (χ0) is 24.3. The Morgan fingerprint density at radius 1 is 0.941 bits per heavy atom. The van der Waals surface area contributed by atoms with Crippen LogP contribution in [0.5, 0.6) is 0 Å². The van der Waals surface area contributed by atoms with Crippen molar-refractivity contribution in [3.05, 3.63) is 106 Å². The second-order valence-corrected chi connectivity index (χ2v) is 8.70. The summed E-state index contributed by atoms with van der Waals surface area (Å²) in [6.07, 6.45) is 2.20. The standard InChI is InChI=1S/C28H30ClFN2O2/c1-2-3-17-31-28(34)26(18-21-9-5-4-6-10-21)32(20-23-11-7-8-12-25(23)30)27(33)19-22-13-15-24(29)16-14-22/h4-16,26H,2-3,17-20H2,1H3,(H,31,34)/t26-/m0/s1. The maximum Gasteiger partial charge on any atom is 0.243 e. The van der Waals surface area contributed by atoms with Crippen LogP contribution >= 0.6 is 11.6 Å². The summed E-state index contributed by atoms with van der Waals surface area (Å²) in [6, 6.07) is 22.2. The van der Waals surface area contributed by atoms with Gasteiger partial charge in [-0.1, -0.05) is 85.6 Å². The van der Waals surface area contributed by atoms with Crippen LogP contribution in [0, 0.1) is 5.82 Å². The molecule has 0 aliphatic heterocycles. The third-order valence-electron chi connectivity index (χ3n) is 5.67. The monoisotopic (exact) mass is 480 g/mol. The van der Waals surface area contributed by atoms with E-state index < -0.39 is 11.9 Å². The summed E-state index contributed by atoms with van der Waals surface area (Å²) in [6.45, 7) is 2.57. The Balaban J connectivity index is 1.94. The van der Waals surface area contributed by atoms with E-state index in [0.29, 0.717) is 23.6 Å². The number of hydrogen-bond donors (Lipinski definition) is 1. The highest BCUT2D eigenvalue weighted by molar-refractivity contribution is 6.30. The largest absolute Gasteiger partial charge is 0.354 e. The molecule has 0 fully saturated rings. The van der Waals surface area contributed by atoms with Crippen molar-refractivity contribution in [3.63, 3.8) is 0 Å². The first kappa shape index (κ1) is 25.4. The number of benzene rings is 3. The van der Waals surface area contributed by atoms with Crippen molar-refractivity contribution in [2.75, 3.05) is 6.54 Å². The van der Waals surface area contributed by atoms with Gasteiger partial charge >= 0.3 is 0 Å². The van der Waals surface area contributed by atoms with Crippen LogP contribution in [-0.2, 0) is 29.0 Å². The van der Waals surface area contributed by atoms with Gasteiger partial charge in [-0.25, -0.2) is 4.39 Å². The number of unbranched alkanes of at least 4 members (excludes halogenated alkanes) is 1. The maximum absolute atomic E-state index is 14.6. The van der Waals surface area contributed by atoms with Crippen molar-refractivity contribution < 1.29 is 14.0 Å². The van der Waals surface area contributed by atoms with Gasteiger partial charge in [-0.2, -0.15) is 0 Å². The van der Waals surface area contributed by atoms with Gasteiger partial charge in [0.25, 0.3) is 0 Å². The second kappa shape index (κ2) is 12.9. The third kappa shape index (κ3) is 7.42. The van der Waals surface area contributed by atoms with Crippen molar-refractivity contribution in [2.24, 2.45) is 0 Å². The number of nitrogens with one attached hydrogen (secondary N) is 1. The van der Waals surface area contributed by atoms with Crippen LogP contribution in [0.1, 0.15) is 36.5 Å². The van der Waals surface area contributed by atoms with E-state index in [-0.39, 0.29) is 24.8 Å². The zero-order valence-electron chi connectivity index (χ0n) is 19.3. The lowest BCUT2D eigenvalue weighted by Crippen LogP contribution is -2.51. The summed E-state index contributed by atoms with van der Waals surface area (Å²) < 4.78 is 14.6. The molecular weight excluding hydrogens is 451 g/mol. The number of rotatable bonds is 11. The SMILES string of the molecule is CCCCNC(=O)[C@H](Cc1ccccc1)N(Cc1ccccc1F)C(=O)Cc1ccc(Cl)cc1. The average molecular weight is 481 g/mol. The average Bonchev–Trinajstić information content (AvgIpc) is 2.84. The molecule has 0 aliphatic rings. The highest BCUT2D eigenvalue weighted by Gasteiger charge is 2.30. The molecule has 0 spiro atoms. The zero-order valence-corrected chi connectivity index (χ0v) is 20.1. The molecule has 0 aromatic heterocycles. The van der Waals surface area contributed by atoms with Crippen molar-refractivity contribution in [1.29, 1.82) is 0 Å². The number of amides is 2. The summed E-state index contributed by atoms with van der Waals surface area (Å²) >= 11 is 5.99. The number of nitrogens with zero attached hydrogens (tertiary/aromatic N) is 1. The Labute approximate surface area is 205 Å². The molecule has 2 amide bonds. The molecule has 3 aromatic carbocycles. The lowest BCUT2D eigenvalue weighted by atomic mass is 10.0. The summed E-state index contributed by atoms with van der Waals surface area (Å²) in [4.78, 5) is 28.4. The summed E-state index contributed by atoms with van der Waals surface area (Å²) in [5.41, 5.74) is 2.07. The van der Waals surface area contributed by atoms with E-state index >= 15 is 0 Å². The smallest absolute Gasteiger partial charge is 0.243 e. The predicted octanol–water partition coefficient (Wildman–Crippen LogP) is 5.58. The number of carbonyl (C=O) groups excluding carboxylic acids is 2. The Morgan fingerprint density at radius 3 is 2.29 bits per heavy atom. The van der Waals surface area contributed by atoms with E-state index in [0.717, 1.165) is 24.0 Å². The minimum Gasteiger partial charge on any atom is -0.354 e. The number of halogens is 2. The maximum atomic E-state index is 14.6. The Bertz CT molecular complexity index is 1070. The molecule has 3 rings (SSSR count). The Hall–Kier alpha value is -3.18. The van der Waals surface area contributed by atoms with Gasteiger partial charge in [-0.05, 0) is 35.7 Å². The van der Waals surface area contributed by atoms with Crippen LogP contribution in [0.3, 0.4) is 0 Å². The Kier molecular flexibility index (Phi) is 9.65. The molecule has 6 heteroatoms. The highest BCUT2D eigenvalue weighted by Crippen LogP contribution is 2.19. The van der Waals surface area contributed by atoms with E-state index in [2.05, 4.69) is 5.32 Å². The van der Waals surface area contributed by atoms with Gasteiger partial charge in [-0.3, -0.25) is 9.59 Å². The summed E-state index contributed by atoms with van der Waals surface area (Å²) in [5, 5.41) is 3.55. The fraction of sp³-hybridized carbons (Fsp3) is 0.286. The van der Waals surface area contributed by atoms with Gasteiger partial charge in [0.2, 0.25) is 11.8 Å². The number of carbonyl (C=O) groups is 2. The van der Waals surface area contributed by atoms with Crippen LogP contribution in [0.25, 0.3) is 0 Å². The predicted molar refractivity (Wildman–Crippen MR) is 134 cm³/mol. The number of hydrogen-bond acceptors (Lipinski definition) is 2. The quantitative estimate of drug-likeness (QED) is 0.364. The molecule has 0 heterocycles. The van der Waals surface area contributed by atoms with E-state index in [1.807, 2.05) is 37.3 Å². The summed E-state index contributed by atoms with van der Waals surface area (Å²) in [7, 11) is 0. The molecule has 3 aromatic rings. The lowest BCUT2D eigenvalue weighted by molar-refractivity contribution is -0.140. The van der Waals surface area contributed by atoms with Crippen LogP contribution < -0.4 is 5.32 Å². The van der Waals surface area contributed by atoms with Crippen molar-refractivity contribution in [3.8, 4) is 0 Å². The minimum absolute atomic E-state index is 0.00219. The summed E-state index contributed by atoms with van der Waals surface area (Å²) in [5.74, 6) is -0.896. The molecule has 0 bridgehead atoms. The highest BCUT2D eigenvalue weighted by atomic mass is 35.5. The van der Waals surface area contributed by atoms with Crippen LogP contribution in [0.2, 0.25) is 5.02 Å². The molecule has 0 saturated heterocycles. The Morgan fingerprint density at radius 2 is 1.62 bits per heavy atom. The van der Waals surface area contributed by atoms with Crippen molar-refractivity contribution in [2.45, 2.75) is 45.2 Å². The van der Waals surface area contributed by atoms with Crippen molar-refractivity contribution in [1.82, 2.24) is 10.2 Å². The molecular formula is C28H30ClFN2O2. The van der Waals surface area contributed by atoms with Gasteiger partial charge in [0.05, 0.1) is 6.42 Å². The molecule has 34 heavy (non-hydrogen) atoms. The van der Waals surface area contributed by atoms with Gasteiger partial charge in [0.1, 0.15) is 11.9 Å². The third-order valence-corrected chi connectivity index (χ3v) is 5.92. The van der Waals surface area contributed by atoms with E-state index in [9.17, 15) is 14.0 Å². The minimum atomic E-state index is -0.779. The van der Waals surface area contributed by atoms with Crippen LogP contribution in [0.15, 0.2) is 78.9 Å². The first-order valence-electron chi connectivity index (χ1n) is 11.6. The molecule has 0 radical (unpaired) electrons. The molecule has 0 unspecified atom stereocenters. The van der Waals surface area contributed by atoms with Crippen molar-refractivity contribution >= 4 is 23.4 Å².